The van der Waals surface area contributed by atoms with E-state index in [9.17, 15) is 17.6 Å². The first kappa shape index (κ1) is 28.7. The first-order valence-electron chi connectivity index (χ1n) is 14.1. The van der Waals surface area contributed by atoms with Crippen LogP contribution in [0.15, 0.2) is 48.8 Å². The number of rotatable bonds is 5. The second-order valence-electron chi connectivity index (χ2n) is 11.1. The summed E-state index contributed by atoms with van der Waals surface area (Å²) in [5.74, 6) is 0.867. The van der Waals surface area contributed by atoms with Crippen molar-refractivity contribution in [1.82, 2.24) is 20.1 Å². The summed E-state index contributed by atoms with van der Waals surface area (Å²) >= 11 is 0. The Balaban J connectivity index is 0.000000228. The number of hydrogen-bond acceptors (Lipinski definition) is 7. The average Bonchev–Trinajstić information content (AvgIpc) is 3.66. The Kier molecular flexibility index (Phi) is 8.40. The molecule has 41 heavy (non-hydrogen) atoms. The zero-order chi connectivity index (χ0) is 29.0. The predicted molar refractivity (Wildman–Crippen MR) is 157 cm³/mol. The van der Waals surface area contributed by atoms with Crippen molar-refractivity contribution in [2.45, 2.75) is 57.4 Å². The van der Waals surface area contributed by atoms with Gasteiger partial charge >= 0.3 is 0 Å². The Morgan fingerprint density at radius 2 is 1.76 bits per heavy atom. The van der Waals surface area contributed by atoms with E-state index in [0.29, 0.717) is 18.9 Å². The van der Waals surface area contributed by atoms with Gasteiger partial charge in [0.1, 0.15) is 11.4 Å². The Morgan fingerprint density at radius 3 is 2.34 bits per heavy atom. The molecule has 0 atom stereocenters. The van der Waals surface area contributed by atoms with Crippen molar-refractivity contribution in [1.29, 1.82) is 5.26 Å². The molecule has 2 aliphatic carbocycles. The van der Waals surface area contributed by atoms with Crippen LogP contribution in [0.5, 0.6) is 0 Å². The van der Waals surface area contributed by atoms with Crippen LogP contribution in [-0.2, 0) is 14.6 Å². The summed E-state index contributed by atoms with van der Waals surface area (Å²) in [6.07, 6.45) is 10.2. The maximum absolute atomic E-state index is 13.1. The Labute approximate surface area is 241 Å². The summed E-state index contributed by atoms with van der Waals surface area (Å²) in [6, 6.07) is 13.1. The molecule has 2 saturated carbocycles. The van der Waals surface area contributed by atoms with Crippen molar-refractivity contribution in [2.75, 3.05) is 29.5 Å². The molecule has 0 bridgehead atoms. The van der Waals surface area contributed by atoms with E-state index in [1.165, 1.54) is 18.7 Å². The minimum absolute atomic E-state index is 0. The van der Waals surface area contributed by atoms with Crippen LogP contribution in [0.4, 0.5) is 10.1 Å². The molecule has 0 unspecified atom stereocenters. The SMILES string of the molecule is Cc1c(-c2ccc(N3CCS(=O)(=O)CC3)cc2)cnn1-c1ccc(F)cn1.N#CC1(NC(=O)C2CCCCC2)CC1.[HH]. The highest BCUT2D eigenvalue weighted by Crippen LogP contribution is 2.35. The van der Waals surface area contributed by atoms with Crippen molar-refractivity contribution in [3.8, 4) is 23.0 Å². The van der Waals surface area contributed by atoms with Gasteiger partial charge in [0.05, 0.1) is 35.7 Å². The third-order valence-electron chi connectivity index (χ3n) is 8.13. The van der Waals surface area contributed by atoms with Crippen molar-refractivity contribution < 1.29 is 19.0 Å². The lowest BCUT2D eigenvalue weighted by Crippen LogP contribution is -2.40. The number of anilines is 1. The zero-order valence-electron chi connectivity index (χ0n) is 23.2. The highest BCUT2D eigenvalue weighted by Gasteiger charge is 2.45. The van der Waals surface area contributed by atoms with Crippen molar-refractivity contribution in [3.05, 3.63) is 60.3 Å². The number of carbonyl (C=O) groups excluding carboxylic acids is 1. The summed E-state index contributed by atoms with van der Waals surface area (Å²) in [6.45, 7) is 2.99. The van der Waals surface area contributed by atoms with Gasteiger partial charge in [-0.25, -0.2) is 22.5 Å². The van der Waals surface area contributed by atoms with E-state index in [-0.39, 0.29) is 30.6 Å². The number of hydrogen-bond donors (Lipinski definition) is 1. The molecule has 1 N–H and O–H groups in total. The summed E-state index contributed by atoms with van der Waals surface area (Å²) < 4.78 is 37.9. The van der Waals surface area contributed by atoms with Gasteiger partial charge in [-0.1, -0.05) is 31.4 Å². The lowest BCUT2D eigenvalue weighted by Gasteiger charge is -2.28. The second-order valence-corrected chi connectivity index (χ2v) is 13.4. The third kappa shape index (κ3) is 6.93. The molecule has 0 radical (unpaired) electrons. The summed E-state index contributed by atoms with van der Waals surface area (Å²) in [4.78, 5) is 17.9. The summed E-state index contributed by atoms with van der Waals surface area (Å²) in [7, 11) is -2.89. The normalized spacial score (nSPS) is 19.4. The molecule has 3 aromatic rings. The molecule has 1 aromatic carbocycles. The number of amides is 1. The number of nitrogens with zero attached hydrogens (tertiary/aromatic N) is 5. The van der Waals surface area contributed by atoms with Crippen LogP contribution in [0.25, 0.3) is 16.9 Å². The van der Waals surface area contributed by atoms with Crippen molar-refractivity contribution >= 4 is 21.4 Å². The van der Waals surface area contributed by atoms with Gasteiger partial charge in [0.15, 0.2) is 15.7 Å². The number of halogens is 1. The predicted octanol–water partition coefficient (Wildman–Crippen LogP) is 4.60. The van der Waals surface area contributed by atoms with E-state index in [1.807, 2.05) is 31.2 Å². The molecule has 1 saturated heterocycles. The molecular weight excluding hydrogens is 543 g/mol. The van der Waals surface area contributed by atoms with Crippen LogP contribution in [0.2, 0.25) is 0 Å². The molecule has 6 rings (SSSR count). The smallest absolute Gasteiger partial charge is 0.224 e. The topological polar surface area (TPSA) is 121 Å². The molecule has 3 heterocycles. The number of benzene rings is 1. The average molecular weight is 581 g/mol. The standard InChI is InChI=1S/C19H19FN4O2S.C11H16N2O.H2/c1-14-18(13-22-24(14)19-7-4-16(20)12-21-19)15-2-5-17(6-3-15)23-8-10-27(25,26)11-9-23;12-8-11(6-7-11)13-10(14)9-4-2-1-3-5-9;/h2-7,12-13H,8-11H2,1H3;9H,1-7H2,(H,13,14);1H. The Morgan fingerprint density at radius 1 is 1.07 bits per heavy atom. The number of nitriles is 1. The van der Waals surface area contributed by atoms with Gasteiger partial charge in [-0.15, -0.1) is 0 Å². The van der Waals surface area contributed by atoms with Crippen molar-refractivity contribution in [2.24, 2.45) is 5.92 Å². The van der Waals surface area contributed by atoms with Crippen LogP contribution >= 0.6 is 0 Å². The number of nitrogens with one attached hydrogen (secondary N) is 1. The number of sulfone groups is 1. The molecule has 11 heteroatoms. The lowest BCUT2D eigenvalue weighted by molar-refractivity contribution is -0.126. The largest absolute Gasteiger partial charge is 0.369 e. The van der Waals surface area contributed by atoms with Crippen LogP contribution < -0.4 is 10.2 Å². The molecule has 3 fully saturated rings. The van der Waals surface area contributed by atoms with E-state index in [2.05, 4.69) is 26.4 Å². The van der Waals surface area contributed by atoms with E-state index in [0.717, 1.165) is 61.0 Å². The van der Waals surface area contributed by atoms with Crippen molar-refractivity contribution in [3.63, 3.8) is 0 Å². The second kappa shape index (κ2) is 12.0. The van der Waals surface area contributed by atoms with E-state index in [4.69, 9.17) is 5.26 Å². The highest BCUT2D eigenvalue weighted by atomic mass is 32.2. The highest BCUT2D eigenvalue weighted by molar-refractivity contribution is 7.91. The van der Waals surface area contributed by atoms with Crippen LogP contribution in [0.1, 0.15) is 52.1 Å². The number of pyridine rings is 1. The van der Waals surface area contributed by atoms with Crippen LogP contribution in [0, 0.1) is 30.0 Å². The quantitative estimate of drug-likeness (QED) is 0.468. The molecule has 1 aliphatic heterocycles. The van der Waals surface area contributed by atoms with E-state index in [1.54, 1.807) is 16.9 Å². The first-order chi connectivity index (χ1) is 19.7. The van der Waals surface area contributed by atoms with Gasteiger partial charge in [0.25, 0.3) is 0 Å². The maximum atomic E-state index is 13.1. The fourth-order valence-electron chi connectivity index (χ4n) is 5.33. The first-order valence-corrected chi connectivity index (χ1v) is 16.0. The number of carbonyl (C=O) groups is 1. The fourth-order valence-corrected chi connectivity index (χ4v) is 6.53. The van der Waals surface area contributed by atoms with E-state index < -0.39 is 15.4 Å². The van der Waals surface area contributed by atoms with Gasteiger partial charge < -0.3 is 10.2 Å². The summed E-state index contributed by atoms with van der Waals surface area (Å²) in [5.41, 5.74) is 3.42. The van der Waals surface area contributed by atoms with E-state index >= 15 is 0 Å². The van der Waals surface area contributed by atoms with Gasteiger partial charge in [0, 0.05) is 31.7 Å². The van der Waals surface area contributed by atoms with Crippen LogP contribution in [0.3, 0.4) is 0 Å². The molecule has 218 valence electrons. The molecule has 9 nitrogen and oxygen atoms in total. The minimum atomic E-state index is -2.89. The van der Waals surface area contributed by atoms with Gasteiger partial charge in [0.2, 0.25) is 5.91 Å². The molecule has 1 amide bonds. The maximum Gasteiger partial charge on any atom is 0.224 e. The summed E-state index contributed by atoms with van der Waals surface area (Å²) in [5, 5.41) is 16.1. The molecule has 0 spiro atoms. The van der Waals surface area contributed by atoms with Gasteiger partial charge in [-0.3, -0.25) is 4.79 Å². The molecule has 3 aliphatic rings. The van der Waals surface area contributed by atoms with Crippen LogP contribution in [-0.4, -0.2) is 59.2 Å². The van der Waals surface area contributed by atoms with Gasteiger partial charge in [-0.05, 0) is 62.4 Å². The minimum Gasteiger partial charge on any atom is -0.369 e. The zero-order valence-corrected chi connectivity index (χ0v) is 24.0. The Bertz CT molecular complexity index is 1510. The third-order valence-corrected chi connectivity index (χ3v) is 9.74. The number of aromatic nitrogens is 3. The molecule has 2 aromatic heterocycles. The van der Waals surface area contributed by atoms with Gasteiger partial charge in [-0.2, -0.15) is 10.4 Å². The monoisotopic (exact) mass is 580 g/mol. The lowest BCUT2D eigenvalue weighted by atomic mass is 9.88. The fraction of sp³-hybridized carbons (Fsp3) is 0.467. The Hall–Kier alpha value is -3.78. The molecular formula is C30H37FN6O3S.